The Balaban J connectivity index is 1.46. The summed E-state index contributed by atoms with van der Waals surface area (Å²) in [5.74, 6) is -2.43. The first-order valence-electron chi connectivity index (χ1n) is 8.31. The first-order chi connectivity index (χ1) is 11.3. The molecule has 24 heavy (non-hydrogen) atoms. The molecule has 0 N–H and O–H groups in total. The van der Waals surface area contributed by atoms with Crippen molar-refractivity contribution in [3.05, 3.63) is 18.0 Å². The standard InChI is InChI=1S/C16H20F2N4O2/c1-10-4-13(10)15(24)20-6-11-2-3-19-22(11)12(7-20)5-14(23)21-8-16(17,18)9-21/h2-3,10,12-13H,4-9H2,1H3/t10-,12+,13+/m1/s1. The second-order valence-corrected chi connectivity index (χ2v) is 7.27. The van der Waals surface area contributed by atoms with E-state index in [0.29, 0.717) is 19.0 Å². The van der Waals surface area contributed by atoms with Crippen molar-refractivity contribution in [3.63, 3.8) is 0 Å². The van der Waals surface area contributed by atoms with Crippen LogP contribution in [0, 0.1) is 11.8 Å². The van der Waals surface area contributed by atoms with Crippen LogP contribution in [0.2, 0.25) is 0 Å². The molecule has 0 aromatic carbocycles. The molecule has 0 unspecified atom stereocenters. The van der Waals surface area contributed by atoms with Gasteiger partial charge in [-0.2, -0.15) is 5.10 Å². The van der Waals surface area contributed by atoms with E-state index in [-0.39, 0.29) is 30.2 Å². The molecule has 3 aliphatic rings. The van der Waals surface area contributed by atoms with Crippen LogP contribution in [0.1, 0.15) is 31.5 Å². The molecule has 0 spiro atoms. The smallest absolute Gasteiger partial charge is 0.282 e. The highest BCUT2D eigenvalue weighted by Crippen LogP contribution is 2.40. The van der Waals surface area contributed by atoms with Gasteiger partial charge >= 0.3 is 0 Å². The number of rotatable bonds is 3. The van der Waals surface area contributed by atoms with E-state index in [1.54, 1.807) is 15.8 Å². The zero-order valence-electron chi connectivity index (χ0n) is 13.5. The zero-order chi connectivity index (χ0) is 17.1. The van der Waals surface area contributed by atoms with Gasteiger partial charge in [-0.3, -0.25) is 14.3 Å². The fourth-order valence-electron chi connectivity index (χ4n) is 3.63. The average molecular weight is 338 g/mol. The van der Waals surface area contributed by atoms with Crippen LogP contribution >= 0.6 is 0 Å². The Hall–Kier alpha value is -1.99. The van der Waals surface area contributed by atoms with Crippen LogP contribution in [0.4, 0.5) is 8.78 Å². The number of halogens is 2. The molecular formula is C16H20F2N4O2. The van der Waals surface area contributed by atoms with Gasteiger partial charge in [0.2, 0.25) is 11.8 Å². The van der Waals surface area contributed by atoms with Gasteiger partial charge in [-0.15, -0.1) is 0 Å². The number of alkyl halides is 2. The Labute approximate surface area is 138 Å². The van der Waals surface area contributed by atoms with Crippen LogP contribution < -0.4 is 0 Å². The largest absolute Gasteiger partial charge is 0.334 e. The maximum atomic E-state index is 13.0. The normalized spacial score (nSPS) is 30.5. The summed E-state index contributed by atoms with van der Waals surface area (Å²) in [6.45, 7) is 1.95. The van der Waals surface area contributed by atoms with Crippen molar-refractivity contribution in [1.29, 1.82) is 0 Å². The lowest BCUT2D eigenvalue weighted by Gasteiger charge is -2.40. The lowest BCUT2D eigenvalue weighted by Crippen LogP contribution is -2.59. The molecule has 2 aliphatic heterocycles. The number of nitrogens with zero attached hydrogens (tertiary/aromatic N) is 4. The van der Waals surface area contributed by atoms with Crippen molar-refractivity contribution in [1.82, 2.24) is 19.6 Å². The maximum absolute atomic E-state index is 13.0. The molecule has 8 heteroatoms. The molecule has 1 aliphatic carbocycles. The third kappa shape index (κ3) is 2.67. The minimum Gasteiger partial charge on any atom is -0.334 e. The molecule has 1 saturated carbocycles. The van der Waals surface area contributed by atoms with E-state index in [1.165, 1.54) is 4.90 Å². The van der Waals surface area contributed by atoms with E-state index in [1.807, 2.05) is 6.07 Å². The number of carbonyl (C=O) groups is 2. The Kier molecular flexibility index (Phi) is 3.40. The van der Waals surface area contributed by atoms with Crippen molar-refractivity contribution in [3.8, 4) is 0 Å². The van der Waals surface area contributed by atoms with Crippen LogP contribution in [0.5, 0.6) is 0 Å². The van der Waals surface area contributed by atoms with Gasteiger partial charge in [0.05, 0.1) is 37.8 Å². The summed E-state index contributed by atoms with van der Waals surface area (Å²) in [6.07, 6.45) is 2.66. The van der Waals surface area contributed by atoms with Crippen LogP contribution in [-0.4, -0.2) is 57.0 Å². The topological polar surface area (TPSA) is 58.4 Å². The molecule has 130 valence electrons. The van der Waals surface area contributed by atoms with Gasteiger partial charge in [0.1, 0.15) is 0 Å². The fraction of sp³-hybridized carbons (Fsp3) is 0.688. The highest BCUT2D eigenvalue weighted by molar-refractivity contribution is 5.82. The molecular weight excluding hydrogens is 318 g/mol. The van der Waals surface area contributed by atoms with E-state index >= 15 is 0 Å². The number of carbonyl (C=O) groups excluding carboxylic acids is 2. The van der Waals surface area contributed by atoms with Gasteiger partial charge in [-0.25, -0.2) is 8.78 Å². The van der Waals surface area contributed by atoms with Gasteiger partial charge in [0, 0.05) is 18.7 Å². The highest BCUT2D eigenvalue weighted by atomic mass is 19.3. The Morgan fingerprint density at radius 2 is 2.04 bits per heavy atom. The summed E-state index contributed by atoms with van der Waals surface area (Å²) < 4.78 is 27.7. The van der Waals surface area contributed by atoms with Gasteiger partial charge in [0.25, 0.3) is 5.92 Å². The Morgan fingerprint density at radius 3 is 2.67 bits per heavy atom. The zero-order valence-corrected chi connectivity index (χ0v) is 13.5. The van der Waals surface area contributed by atoms with Crippen molar-refractivity contribution in [2.24, 2.45) is 11.8 Å². The number of fused-ring (bicyclic) bond motifs is 1. The second kappa shape index (κ2) is 5.26. The first-order valence-corrected chi connectivity index (χ1v) is 8.31. The van der Waals surface area contributed by atoms with Gasteiger partial charge in [0.15, 0.2) is 0 Å². The molecule has 3 heterocycles. The summed E-state index contributed by atoms with van der Waals surface area (Å²) in [5.41, 5.74) is 0.884. The number of hydrogen-bond acceptors (Lipinski definition) is 3. The van der Waals surface area contributed by atoms with E-state index in [4.69, 9.17) is 0 Å². The molecule has 4 rings (SSSR count). The molecule has 2 amide bonds. The molecule has 6 nitrogen and oxygen atoms in total. The number of aromatic nitrogens is 2. The summed E-state index contributed by atoms with van der Waals surface area (Å²) in [7, 11) is 0. The van der Waals surface area contributed by atoms with Gasteiger partial charge in [-0.1, -0.05) is 6.92 Å². The molecule has 0 bridgehead atoms. The quantitative estimate of drug-likeness (QED) is 0.834. The van der Waals surface area contributed by atoms with Crippen LogP contribution in [0.25, 0.3) is 0 Å². The molecule has 1 saturated heterocycles. The summed E-state index contributed by atoms with van der Waals surface area (Å²) in [5, 5.41) is 4.25. The van der Waals surface area contributed by atoms with E-state index in [9.17, 15) is 18.4 Å². The number of amides is 2. The monoisotopic (exact) mass is 338 g/mol. The van der Waals surface area contributed by atoms with Crippen molar-refractivity contribution >= 4 is 11.8 Å². The molecule has 1 aromatic rings. The Morgan fingerprint density at radius 1 is 1.33 bits per heavy atom. The Bertz CT molecular complexity index is 681. The van der Waals surface area contributed by atoms with Crippen molar-refractivity contribution < 1.29 is 18.4 Å². The molecule has 2 fully saturated rings. The summed E-state index contributed by atoms with van der Waals surface area (Å²) in [6, 6.07) is 1.55. The number of hydrogen-bond donors (Lipinski definition) is 0. The summed E-state index contributed by atoms with van der Waals surface area (Å²) >= 11 is 0. The lowest BCUT2D eigenvalue weighted by atomic mass is 10.1. The van der Waals surface area contributed by atoms with E-state index < -0.39 is 19.0 Å². The SMILES string of the molecule is C[C@@H]1C[C@@H]1C(=O)N1Cc2ccnn2[C@@H](CC(=O)N2CC(F)(F)C2)C1. The lowest BCUT2D eigenvalue weighted by molar-refractivity contribution is -0.166. The predicted octanol–water partition coefficient (Wildman–Crippen LogP) is 1.29. The molecule has 3 atom stereocenters. The van der Waals surface area contributed by atoms with Gasteiger partial charge in [-0.05, 0) is 18.4 Å². The van der Waals surface area contributed by atoms with Crippen LogP contribution in [-0.2, 0) is 16.1 Å². The molecule has 0 radical (unpaired) electrons. The van der Waals surface area contributed by atoms with Crippen LogP contribution in [0.3, 0.4) is 0 Å². The van der Waals surface area contributed by atoms with Crippen molar-refractivity contribution in [2.45, 2.75) is 38.3 Å². The second-order valence-electron chi connectivity index (χ2n) is 7.27. The number of likely N-dealkylation sites (tertiary alicyclic amines) is 1. The predicted molar refractivity (Wildman–Crippen MR) is 80.1 cm³/mol. The van der Waals surface area contributed by atoms with Gasteiger partial charge < -0.3 is 9.80 Å². The first kappa shape index (κ1) is 15.5. The minimum absolute atomic E-state index is 0.0879. The maximum Gasteiger partial charge on any atom is 0.282 e. The van der Waals surface area contributed by atoms with E-state index in [2.05, 4.69) is 12.0 Å². The van der Waals surface area contributed by atoms with Crippen molar-refractivity contribution in [2.75, 3.05) is 19.6 Å². The van der Waals surface area contributed by atoms with E-state index in [0.717, 1.165) is 12.1 Å². The highest BCUT2D eigenvalue weighted by Gasteiger charge is 2.47. The fourth-order valence-corrected chi connectivity index (χ4v) is 3.63. The average Bonchev–Trinajstić information content (AvgIpc) is 3.03. The van der Waals surface area contributed by atoms with Crippen LogP contribution in [0.15, 0.2) is 12.3 Å². The summed E-state index contributed by atoms with van der Waals surface area (Å²) in [4.78, 5) is 27.7. The third-order valence-corrected chi connectivity index (χ3v) is 5.23. The third-order valence-electron chi connectivity index (χ3n) is 5.23. The molecule has 1 aromatic heterocycles. The minimum atomic E-state index is -2.76.